The van der Waals surface area contributed by atoms with Gasteiger partial charge >= 0.3 is 0 Å². The van der Waals surface area contributed by atoms with E-state index >= 15 is 0 Å². The molecule has 18 heavy (non-hydrogen) atoms. The van der Waals surface area contributed by atoms with Gasteiger partial charge in [0.1, 0.15) is 11.7 Å². The number of nitrogens with one attached hydrogen (secondary N) is 1. The lowest BCUT2D eigenvalue weighted by molar-refractivity contribution is 0.717. The van der Waals surface area contributed by atoms with Crippen LogP contribution in [0, 0.1) is 12.3 Å². The number of amidine groups is 1. The van der Waals surface area contributed by atoms with Crippen molar-refractivity contribution in [2.45, 2.75) is 31.3 Å². The molecule has 0 radical (unpaired) electrons. The molecule has 2 heterocycles. The van der Waals surface area contributed by atoms with Crippen LogP contribution in [0.25, 0.3) is 0 Å². The van der Waals surface area contributed by atoms with E-state index in [9.17, 15) is 0 Å². The lowest BCUT2D eigenvalue weighted by Crippen LogP contribution is -2.42. The van der Waals surface area contributed by atoms with Crippen LogP contribution >= 0.6 is 11.8 Å². The monoisotopic (exact) mass is 264 g/mol. The van der Waals surface area contributed by atoms with E-state index in [2.05, 4.69) is 23.7 Å². The summed E-state index contributed by atoms with van der Waals surface area (Å²) in [6.07, 6.45) is 1.80. The highest BCUT2D eigenvalue weighted by molar-refractivity contribution is 8.00. The van der Waals surface area contributed by atoms with Crippen molar-refractivity contribution in [2.75, 3.05) is 18.0 Å². The van der Waals surface area contributed by atoms with Gasteiger partial charge in [-0.05, 0) is 18.6 Å². The van der Waals surface area contributed by atoms with E-state index in [0.29, 0.717) is 10.5 Å². The molecule has 5 heteroatoms. The summed E-state index contributed by atoms with van der Waals surface area (Å²) in [5, 5.41) is 8.90. The van der Waals surface area contributed by atoms with Crippen molar-refractivity contribution in [1.29, 1.82) is 5.41 Å². The highest BCUT2D eigenvalue weighted by atomic mass is 32.2. The maximum absolute atomic E-state index is 7.74. The minimum Gasteiger partial charge on any atom is -0.384 e. The maximum Gasteiger partial charge on any atom is 0.139 e. The van der Waals surface area contributed by atoms with Gasteiger partial charge in [-0.15, -0.1) is 0 Å². The quantitative estimate of drug-likeness (QED) is 0.633. The SMILES string of the molecule is Cc1ccnc(N2CC(C)SC(C)C2)c1C(=N)N. The number of hydrogen-bond acceptors (Lipinski definition) is 4. The van der Waals surface area contributed by atoms with Gasteiger partial charge in [-0.1, -0.05) is 13.8 Å². The predicted octanol–water partition coefficient (Wildman–Crippen LogP) is 2.00. The van der Waals surface area contributed by atoms with Crippen molar-refractivity contribution in [2.24, 2.45) is 5.73 Å². The highest BCUT2D eigenvalue weighted by Gasteiger charge is 2.25. The molecule has 1 aromatic heterocycles. The molecule has 98 valence electrons. The van der Waals surface area contributed by atoms with Crippen LogP contribution in [0.4, 0.5) is 5.82 Å². The van der Waals surface area contributed by atoms with Gasteiger partial charge in [-0.25, -0.2) is 4.98 Å². The van der Waals surface area contributed by atoms with Gasteiger partial charge in [0.05, 0.1) is 5.56 Å². The number of aryl methyl sites for hydroxylation is 1. The summed E-state index contributed by atoms with van der Waals surface area (Å²) in [7, 11) is 0. The Morgan fingerprint density at radius 3 is 2.61 bits per heavy atom. The van der Waals surface area contributed by atoms with Gasteiger partial charge in [0.25, 0.3) is 0 Å². The third-order valence-electron chi connectivity index (χ3n) is 3.13. The fourth-order valence-corrected chi connectivity index (χ4v) is 3.79. The second-order valence-electron chi connectivity index (χ2n) is 4.90. The smallest absolute Gasteiger partial charge is 0.139 e. The molecule has 4 nitrogen and oxygen atoms in total. The first-order chi connectivity index (χ1) is 8.49. The van der Waals surface area contributed by atoms with Gasteiger partial charge in [0.15, 0.2) is 0 Å². The first kappa shape index (κ1) is 13.2. The zero-order valence-electron chi connectivity index (χ0n) is 11.1. The first-order valence-electron chi connectivity index (χ1n) is 6.19. The van der Waals surface area contributed by atoms with Crippen LogP contribution in [0.3, 0.4) is 0 Å². The molecule has 0 spiro atoms. The molecular formula is C13H20N4S. The standard InChI is InChI=1S/C13H20N4S/c1-8-4-5-16-13(11(8)12(14)15)17-6-9(2)18-10(3)7-17/h4-5,9-10H,6-7H2,1-3H3,(H3,14,15). The van der Waals surface area contributed by atoms with Crippen molar-refractivity contribution in [3.63, 3.8) is 0 Å². The maximum atomic E-state index is 7.74. The molecule has 0 aromatic carbocycles. The van der Waals surface area contributed by atoms with Crippen LogP contribution in [-0.2, 0) is 0 Å². The fourth-order valence-electron chi connectivity index (χ4n) is 2.47. The van der Waals surface area contributed by atoms with E-state index in [0.717, 1.165) is 30.0 Å². The molecule has 0 saturated carbocycles. The Kier molecular flexibility index (Phi) is 3.80. The minimum atomic E-state index is 0.106. The number of aromatic nitrogens is 1. The van der Waals surface area contributed by atoms with Gasteiger partial charge in [-0.3, -0.25) is 5.41 Å². The van der Waals surface area contributed by atoms with E-state index in [1.807, 2.05) is 24.8 Å². The summed E-state index contributed by atoms with van der Waals surface area (Å²) >= 11 is 2.00. The summed E-state index contributed by atoms with van der Waals surface area (Å²) in [5.41, 5.74) is 7.50. The molecule has 1 aliphatic heterocycles. The van der Waals surface area contributed by atoms with E-state index in [4.69, 9.17) is 11.1 Å². The number of anilines is 1. The molecule has 0 aliphatic carbocycles. The van der Waals surface area contributed by atoms with Crippen LogP contribution in [0.5, 0.6) is 0 Å². The summed E-state index contributed by atoms with van der Waals surface area (Å²) in [6, 6.07) is 1.91. The normalized spacial score (nSPS) is 24.1. The Hall–Kier alpha value is -1.23. The lowest BCUT2D eigenvalue weighted by atomic mass is 10.1. The van der Waals surface area contributed by atoms with E-state index in [1.165, 1.54) is 0 Å². The van der Waals surface area contributed by atoms with E-state index in [-0.39, 0.29) is 5.84 Å². The molecule has 1 saturated heterocycles. The van der Waals surface area contributed by atoms with Crippen molar-refractivity contribution >= 4 is 23.4 Å². The molecule has 3 N–H and O–H groups in total. The molecule has 1 fully saturated rings. The molecule has 2 unspecified atom stereocenters. The zero-order valence-corrected chi connectivity index (χ0v) is 11.9. The molecular weight excluding hydrogens is 244 g/mol. The molecule has 0 bridgehead atoms. The summed E-state index contributed by atoms with van der Waals surface area (Å²) < 4.78 is 0. The third kappa shape index (κ3) is 2.61. The average Bonchev–Trinajstić information content (AvgIpc) is 2.26. The van der Waals surface area contributed by atoms with E-state index < -0.39 is 0 Å². The number of nitrogen functional groups attached to an aromatic ring is 1. The average molecular weight is 264 g/mol. The molecule has 0 amide bonds. The summed E-state index contributed by atoms with van der Waals surface area (Å²) in [4.78, 5) is 6.71. The number of thioether (sulfide) groups is 1. The van der Waals surface area contributed by atoms with Crippen molar-refractivity contribution < 1.29 is 0 Å². The molecule has 2 atom stereocenters. The Bertz CT molecular complexity index is 450. The number of hydrogen-bond donors (Lipinski definition) is 2. The molecule has 2 rings (SSSR count). The van der Waals surface area contributed by atoms with Gasteiger partial charge in [-0.2, -0.15) is 11.8 Å². The van der Waals surface area contributed by atoms with Crippen LogP contribution in [0.15, 0.2) is 12.3 Å². The zero-order chi connectivity index (χ0) is 13.3. The lowest BCUT2D eigenvalue weighted by Gasteiger charge is -2.36. The van der Waals surface area contributed by atoms with Crippen molar-refractivity contribution in [3.8, 4) is 0 Å². The molecule has 1 aromatic rings. The van der Waals surface area contributed by atoms with Gasteiger partial charge in [0, 0.05) is 29.8 Å². The topological polar surface area (TPSA) is 66.0 Å². The number of nitrogens with zero attached hydrogens (tertiary/aromatic N) is 2. The molecule has 1 aliphatic rings. The highest BCUT2D eigenvalue weighted by Crippen LogP contribution is 2.30. The third-order valence-corrected chi connectivity index (χ3v) is 4.36. The van der Waals surface area contributed by atoms with Crippen molar-refractivity contribution in [3.05, 3.63) is 23.4 Å². The number of nitrogens with two attached hydrogens (primary N) is 1. The minimum absolute atomic E-state index is 0.106. The van der Waals surface area contributed by atoms with Crippen LogP contribution in [-0.4, -0.2) is 34.4 Å². The Labute approximate surface area is 112 Å². The fraction of sp³-hybridized carbons (Fsp3) is 0.538. The Morgan fingerprint density at radius 2 is 2.06 bits per heavy atom. The van der Waals surface area contributed by atoms with Crippen LogP contribution in [0.1, 0.15) is 25.0 Å². The largest absolute Gasteiger partial charge is 0.384 e. The van der Waals surface area contributed by atoms with Gasteiger partial charge < -0.3 is 10.6 Å². The first-order valence-corrected chi connectivity index (χ1v) is 7.13. The second kappa shape index (κ2) is 5.18. The second-order valence-corrected chi connectivity index (χ2v) is 6.78. The summed E-state index contributed by atoms with van der Waals surface area (Å²) in [5.74, 6) is 0.968. The van der Waals surface area contributed by atoms with Crippen LogP contribution < -0.4 is 10.6 Å². The van der Waals surface area contributed by atoms with E-state index in [1.54, 1.807) is 6.20 Å². The summed E-state index contributed by atoms with van der Waals surface area (Å²) in [6.45, 7) is 8.37. The Morgan fingerprint density at radius 1 is 1.44 bits per heavy atom. The predicted molar refractivity (Wildman–Crippen MR) is 78.7 cm³/mol. The number of pyridine rings is 1. The number of rotatable bonds is 2. The Balaban J connectivity index is 2.38. The van der Waals surface area contributed by atoms with Crippen LogP contribution in [0.2, 0.25) is 0 Å². The van der Waals surface area contributed by atoms with Crippen molar-refractivity contribution in [1.82, 2.24) is 4.98 Å². The van der Waals surface area contributed by atoms with Gasteiger partial charge in [0.2, 0.25) is 0 Å².